The zero-order valence-corrected chi connectivity index (χ0v) is 11.1. The fourth-order valence-corrected chi connectivity index (χ4v) is 2.90. The van der Waals surface area contributed by atoms with Crippen LogP contribution >= 0.6 is 0 Å². The van der Waals surface area contributed by atoms with Crippen molar-refractivity contribution in [2.45, 2.75) is 12.5 Å². The van der Waals surface area contributed by atoms with E-state index in [0.717, 1.165) is 18.5 Å². The van der Waals surface area contributed by atoms with Gasteiger partial charge in [-0.1, -0.05) is 24.3 Å². The molecule has 0 unspecified atom stereocenters. The van der Waals surface area contributed by atoms with Gasteiger partial charge in [0.2, 0.25) is 0 Å². The van der Waals surface area contributed by atoms with E-state index in [0.29, 0.717) is 0 Å². The van der Waals surface area contributed by atoms with E-state index in [1.165, 1.54) is 11.1 Å². The Bertz CT molecular complexity index is 613. The maximum atomic E-state index is 11.1. The van der Waals surface area contributed by atoms with Crippen molar-refractivity contribution < 1.29 is 9.90 Å². The predicted molar refractivity (Wildman–Crippen MR) is 75.4 cm³/mol. The highest BCUT2D eigenvalue weighted by Crippen LogP contribution is 2.34. The molecule has 1 N–H and O–H groups in total. The largest absolute Gasteiger partial charge is 0.480 e. The summed E-state index contributed by atoms with van der Waals surface area (Å²) < 4.78 is 0. The normalized spacial score (nSPS) is 18.5. The van der Waals surface area contributed by atoms with Crippen LogP contribution in [0.25, 0.3) is 0 Å². The first kappa shape index (κ1) is 12.8. The number of carbonyl (C=O) groups is 1. The summed E-state index contributed by atoms with van der Waals surface area (Å²) in [6, 6.07) is 12.2. The molecule has 1 aliphatic rings. The third-order valence-electron chi connectivity index (χ3n) is 3.74. The molecule has 2 heterocycles. The average molecular weight is 268 g/mol. The lowest BCUT2D eigenvalue weighted by Gasteiger charge is -2.36. The average Bonchev–Trinajstić information content (AvgIpc) is 2.47. The topological polar surface area (TPSA) is 53.4 Å². The summed E-state index contributed by atoms with van der Waals surface area (Å²) in [5, 5.41) is 9.12. The van der Waals surface area contributed by atoms with Crippen molar-refractivity contribution in [3.8, 4) is 0 Å². The predicted octanol–water partition coefficient (Wildman–Crippen LogP) is 2.11. The maximum absolute atomic E-state index is 11.1. The molecule has 0 spiro atoms. The molecule has 3 rings (SSSR count). The number of aliphatic carboxylic acids is 1. The van der Waals surface area contributed by atoms with Crippen LogP contribution < -0.4 is 0 Å². The Hall–Kier alpha value is -2.20. The van der Waals surface area contributed by atoms with E-state index in [9.17, 15) is 4.79 Å². The second kappa shape index (κ2) is 5.43. The number of aromatic nitrogens is 1. The van der Waals surface area contributed by atoms with Gasteiger partial charge in [0.25, 0.3) is 0 Å². The molecule has 1 atom stereocenters. The van der Waals surface area contributed by atoms with E-state index in [-0.39, 0.29) is 12.6 Å². The molecule has 0 aliphatic carbocycles. The van der Waals surface area contributed by atoms with Gasteiger partial charge >= 0.3 is 5.97 Å². The Morgan fingerprint density at radius 1 is 1.25 bits per heavy atom. The quantitative estimate of drug-likeness (QED) is 0.926. The number of carboxylic acids is 1. The molecule has 102 valence electrons. The van der Waals surface area contributed by atoms with Gasteiger partial charge in [-0.3, -0.25) is 14.7 Å². The Balaban J connectivity index is 2.05. The van der Waals surface area contributed by atoms with E-state index in [4.69, 9.17) is 5.11 Å². The molecule has 4 heteroatoms. The van der Waals surface area contributed by atoms with Crippen LogP contribution in [-0.4, -0.2) is 34.0 Å². The highest BCUT2D eigenvalue weighted by atomic mass is 16.4. The van der Waals surface area contributed by atoms with Crippen LogP contribution in [0, 0.1) is 0 Å². The smallest absolute Gasteiger partial charge is 0.317 e. The molecule has 1 aromatic carbocycles. The van der Waals surface area contributed by atoms with E-state index in [1.807, 2.05) is 29.2 Å². The highest BCUT2D eigenvalue weighted by molar-refractivity contribution is 5.69. The van der Waals surface area contributed by atoms with Gasteiger partial charge < -0.3 is 5.11 Å². The minimum absolute atomic E-state index is 0.000880. The lowest BCUT2D eigenvalue weighted by atomic mass is 9.88. The van der Waals surface area contributed by atoms with Gasteiger partial charge in [-0.05, 0) is 35.2 Å². The molecule has 0 radical (unpaired) electrons. The summed E-state index contributed by atoms with van der Waals surface area (Å²) in [4.78, 5) is 17.2. The molecule has 4 nitrogen and oxygen atoms in total. The minimum Gasteiger partial charge on any atom is -0.480 e. The molecule has 0 amide bonds. The van der Waals surface area contributed by atoms with Gasteiger partial charge in [0.1, 0.15) is 0 Å². The van der Waals surface area contributed by atoms with Crippen molar-refractivity contribution in [1.82, 2.24) is 9.88 Å². The molecule has 0 bridgehead atoms. The maximum Gasteiger partial charge on any atom is 0.317 e. The molecule has 1 aromatic heterocycles. The lowest BCUT2D eigenvalue weighted by molar-refractivity contribution is -0.138. The van der Waals surface area contributed by atoms with Crippen molar-refractivity contribution in [1.29, 1.82) is 0 Å². The highest BCUT2D eigenvalue weighted by Gasteiger charge is 2.29. The zero-order valence-electron chi connectivity index (χ0n) is 11.1. The fraction of sp³-hybridized carbons (Fsp3) is 0.250. The molecular weight excluding hydrogens is 252 g/mol. The van der Waals surface area contributed by atoms with E-state index in [1.54, 1.807) is 12.4 Å². The number of benzene rings is 1. The number of hydrogen-bond donors (Lipinski definition) is 1. The summed E-state index contributed by atoms with van der Waals surface area (Å²) in [7, 11) is 0. The van der Waals surface area contributed by atoms with E-state index >= 15 is 0 Å². The summed E-state index contributed by atoms with van der Waals surface area (Å²) in [6.45, 7) is 0.817. The van der Waals surface area contributed by atoms with E-state index < -0.39 is 5.97 Å². The first-order valence-electron chi connectivity index (χ1n) is 6.69. The van der Waals surface area contributed by atoms with Gasteiger partial charge in [0, 0.05) is 18.9 Å². The SMILES string of the molecule is O=C(O)CN1CCc2ccccc2[C@@H]1c1ccncc1. The van der Waals surface area contributed by atoms with Gasteiger partial charge in [0.05, 0.1) is 12.6 Å². The van der Waals surface area contributed by atoms with E-state index in [2.05, 4.69) is 17.1 Å². The van der Waals surface area contributed by atoms with Crippen molar-refractivity contribution in [2.24, 2.45) is 0 Å². The molecule has 20 heavy (non-hydrogen) atoms. The fourth-order valence-electron chi connectivity index (χ4n) is 2.90. The Morgan fingerprint density at radius 2 is 2.00 bits per heavy atom. The first-order valence-corrected chi connectivity index (χ1v) is 6.69. The van der Waals surface area contributed by atoms with Crippen LogP contribution in [0.15, 0.2) is 48.8 Å². The van der Waals surface area contributed by atoms with Crippen LogP contribution in [0.1, 0.15) is 22.7 Å². The Kier molecular flexibility index (Phi) is 3.48. The zero-order chi connectivity index (χ0) is 13.9. The summed E-state index contributed by atoms with van der Waals surface area (Å²) in [6.07, 6.45) is 4.40. The molecular formula is C16H16N2O2. The third kappa shape index (κ3) is 2.42. The van der Waals surface area contributed by atoms with Crippen molar-refractivity contribution >= 4 is 5.97 Å². The number of nitrogens with zero attached hydrogens (tertiary/aromatic N) is 2. The Labute approximate surface area is 117 Å². The van der Waals surface area contributed by atoms with Gasteiger partial charge in [-0.15, -0.1) is 0 Å². The monoisotopic (exact) mass is 268 g/mol. The van der Waals surface area contributed by atoms with Crippen molar-refractivity contribution in [3.63, 3.8) is 0 Å². The summed E-state index contributed by atoms with van der Waals surface area (Å²) >= 11 is 0. The van der Waals surface area contributed by atoms with Crippen LogP contribution in [0.3, 0.4) is 0 Å². The second-order valence-electron chi connectivity index (χ2n) is 5.00. The number of hydrogen-bond acceptors (Lipinski definition) is 3. The number of fused-ring (bicyclic) bond motifs is 1. The Morgan fingerprint density at radius 3 is 2.75 bits per heavy atom. The summed E-state index contributed by atoms with van der Waals surface area (Å²) in [5.74, 6) is -0.788. The van der Waals surface area contributed by atoms with Gasteiger partial charge in [-0.2, -0.15) is 0 Å². The van der Waals surface area contributed by atoms with Crippen molar-refractivity contribution in [2.75, 3.05) is 13.1 Å². The lowest BCUT2D eigenvalue weighted by Crippen LogP contribution is -2.39. The minimum atomic E-state index is -0.788. The third-order valence-corrected chi connectivity index (χ3v) is 3.74. The van der Waals surface area contributed by atoms with Crippen LogP contribution in [0.5, 0.6) is 0 Å². The first-order chi connectivity index (χ1) is 9.75. The van der Waals surface area contributed by atoms with Crippen LogP contribution in [0.4, 0.5) is 0 Å². The molecule has 0 fully saturated rings. The summed E-state index contributed by atoms with van der Waals surface area (Å²) in [5.41, 5.74) is 3.59. The van der Waals surface area contributed by atoms with Crippen molar-refractivity contribution in [3.05, 3.63) is 65.5 Å². The molecule has 0 saturated heterocycles. The number of rotatable bonds is 3. The standard InChI is InChI=1S/C16H16N2O2/c19-15(20)11-18-10-7-12-3-1-2-4-14(12)16(18)13-5-8-17-9-6-13/h1-6,8-9,16H,7,10-11H2,(H,19,20)/t16-/m0/s1. The number of carboxylic acid groups (broad SMARTS) is 1. The van der Waals surface area contributed by atoms with Crippen LogP contribution in [0.2, 0.25) is 0 Å². The van der Waals surface area contributed by atoms with Gasteiger partial charge in [0.15, 0.2) is 0 Å². The molecule has 2 aromatic rings. The molecule has 1 aliphatic heterocycles. The molecule has 0 saturated carbocycles. The second-order valence-corrected chi connectivity index (χ2v) is 5.00. The van der Waals surface area contributed by atoms with Crippen LogP contribution in [-0.2, 0) is 11.2 Å². The van der Waals surface area contributed by atoms with Gasteiger partial charge in [-0.25, -0.2) is 0 Å². The number of pyridine rings is 1.